The smallest absolute Gasteiger partial charge is 0.353 e. The Kier molecular flexibility index (Phi) is 4.32. The van der Waals surface area contributed by atoms with Crippen LogP contribution in [0.1, 0.15) is 9.67 Å². The molecule has 0 bridgehead atoms. The Morgan fingerprint density at radius 3 is 2.50 bits per heavy atom. The molecule has 0 fully saturated rings. The van der Waals surface area contributed by atoms with Gasteiger partial charge in [0.2, 0.25) is 11.2 Å². The molecule has 128 valence electrons. The monoisotopic (exact) mass is 382 g/mol. The lowest BCUT2D eigenvalue weighted by atomic mass is 10.1. The molecule has 0 atom stereocenters. The lowest BCUT2D eigenvalue weighted by Crippen LogP contribution is -2.15. The van der Waals surface area contributed by atoms with Gasteiger partial charge in [-0.2, -0.15) is 0 Å². The summed E-state index contributed by atoms with van der Waals surface area (Å²) >= 11 is 7.18. The third-order valence-corrected chi connectivity index (χ3v) is 4.88. The summed E-state index contributed by atoms with van der Waals surface area (Å²) in [5.41, 5.74) is 0.603. The third-order valence-electron chi connectivity index (χ3n) is 3.78. The van der Waals surface area contributed by atoms with E-state index in [1.165, 1.54) is 11.3 Å². The predicted molar refractivity (Wildman–Crippen MR) is 102 cm³/mol. The van der Waals surface area contributed by atoms with E-state index < -0.39 is 11.4 Å². The van der Waals surface area contributed by atoms with Gasteiger partial charge in [-0.3, -0.25) is 4.79 Å². The Morgan fingerprint density at radius 2 is 1.77 bits per heavy atom. The molecule has 0 radical (unpaired) electrons. The topological polar surface area (TPSA) is 56.5 Å². The molecular formula is C20H11ClO4S. The summed E-state index contributed by atoms with van der Waals surface area (Å²) in [6, 6.07) is 17.0. The van der Waals surface area contributed by atoms with Crippen molar-refractivity contribution in [1.82, 2.24) is 0 Å². The number of esters is 1. The van der Waals surface area contributed by atoms with Crippen LogP contribution in [0.2, 0.25) is 5.02 Å². The van der Waals surface area contributed by atoms with Crippen molar-refractivity contribution < 1.29 is 13.9 Å². The molecule has 6 heteroatoms. The Balaban J connectivity index is 1.92. The third kappa shape index (κ3) is 3.03. The van der Waals surface area contributed by atoms with E-state index in [1.807, 2.05) is 0 Å². The highest BCUT2D eigenvalue weighted by molar-refractivity contribution is 7.12. The van der Waals surface area contributed by atoms with Crippen molar-refractivity contribution >= 4 is 39.9 Å². The first-order chi connectivity index (χ1) is 12.6. The minimum absolute atomic E-state index is 0.135. The second-order valence-corrected chi connectivity index (χ2v) is 6.84. The predicted octanol–water partition coefficient (Wildman–Crippen LogP) is 5.39. The van der Waals surface area contributed by atoms with Gasteiger partial charge in [-0.25, -0.2) is 4.79 Å². The number of carbonyl (C=O) groups is 1. The van der Waals surface area contributed by atoms with Crippen LogP contribution in [0.3, 0.4) is 0 Å². The molecule has 2 heterocycles. The highest BCUT2D eigenvalue weighted by Gasteiger charge is 2.21. The molecule has 0 aliphatic rings. The fraction of sp³-hybridized carbons (Fsp3) is 0. The van der Waals surface area contributed by atoms with Gasteiger partial charge in [-0.05, 0) is 47.8 Å². The summed E-state index contributed by atoms with van der Waals surface area (Å²) < 4.78 is 11.3. The van der Waals surface area contributed by atoms with Gasteiger partial charge in [0.05, 0.1) is 5.39 Å². The van der Waals surface area contributed by atoms with Crippen LogP contribution in [0.15, 0.2) is 75.3 Å². The highest BCUT2D eigenvalue weighted by Crippen LogP contribution is 2.32. The fourth-order valence-electron chi connectivity index (χ4n) is 2.55. The normalized spacial score (nSPS) is 10.8. The van der Waals surface area contributed by atoms with E-state index in [4.69, 9.17) is 20.8 Å². The SMILES string of the molecule is O=C(Oc1c(-c2ccc(Cl)cc2)oc2ccccc2c1=O)c1cccs1. The maximum atomic E-state index is 12.9. The number of benzene rings is 2. The average Bonchev–Trinajstić information content (AvgIpc) is 3.19. The summed E-state index contributed by atoms with van der Waals surface area (Å²) in [4.78, 5) is 25.7. The summed E-state index contributed by atoms with van der Waals surface area (Å²) in [7, 11) is 0. The van der Waals surface area contributed by atoms with Crippen molar-refractivity contribution in [3.63, 3.8) is 0 Å². The zero-order valence-corrected chi connectivity index (χ0v) is 14.8. The average molecular weight is 383 g/mol. The number of para-hydroxylation sites is 1. The van der Waals surface area contributed by atoms with Crippen LogP contribution < -0.4 is 10.2 Å². The fourth-order valence-corrected chi connectivity index (χ4v) is 3.27. The standard InChI is InChI=1S/C20H11ClO4S/c21-13-9-7-12(8-10-13)18-19(25-20(23)16-6-3-11-26-16)17(22)14-4-1-2-5-15(14)24-18/h1-11H. The summed E-state index contributed by atoms with van der Waals surface area (Å²) in [5, 5.41) is 2.66. The first kappa shape index (κ1) is 16.6. The Bertz CT molecular complexity index is 1140. The van der Waals surface area contributed by atoms with E-state index in [0.717, 1.165) is 0 Å². The molecule has 0 aliphatic heterocycles. The molecule has 0 unspecified atom stereocenters. The maximum absolute atomic E-state index is 12.9. The molecule has 0 saturated carbocycles. The van der Waals surface area contributed by atoms with E-state index >= 15 is 0 Å². The molecule has 4 aromatic rings. The number of hydrogen-bond donors (Lipinski definition) is 0. The number of thiophene rings is 1. The van der Waals surface area contributed by atoms with Crippen LogP contribution in [0.4, 0.5) is 0 Å². The van der Waals surface area contributed by atoms with Crippen LogP contribution in [-0.4, -0.2) is 5.97 Å². The van der Waals surface area contributed by atoms with Crippen LogP contribution in [0.25, 0.3) is 22.3 Å². The second kappa shape index (κ2) is 6.78. The molecule has 0 aliphatic carbocycles. The zero-order chi connectivity index (χ0) is 18.1. The van der Waals surface area contributed by atoms with Crippen LogP contribution in [0.5, 0.6) is 5.75 Å². The van der Waals surface area contributed by atoms with Gasteiger partial charge in [-0.15, -0.1) is 11.3 Å². The maximum Gasteiger partial charge on any atom is 0.353 e. The van der Waals surface area contributed by atoms with Gasteiger partial charge < -0.3 is 9.15 Å². The van der Waals surface area contributed by atoms with Crippen molar-refractivity contribution in [2.45, 2.75) is 0 Å². The number of fused-ring (bicyclic) bond motifs is 1. The number of hydrogen-bond acceptors (Lipinski definition) is 5. The molecule has 4 rings (SSSR count). The van der Waals surface area contributed by atoms with E-state index in [2.05, 4.69) is 0 Å². The molecule has 2 aromatic carbocycles. The van der Waals surface area contributed by atoms with E-state index in [1.54, 1.807) is 66.0 Å². The first-order valence-electron chi connectivity index (χ1n) is 7.71. The number of carbonyl (C=O) groups excluding carboxylic acids is 1. The minimum atomic E-state index is -0.599. The van der Waals surface area contributed by atoms with Crippen molar-refractivity contribution in [2.75, 3.05) is 0 Å². The lowest BCUT2D eigenvalue weighted by Gasteiger charge is -2.10. The summed E-state index contributed by atoms with van der Waals surface area (Å²) in [5.74, 6) is -0.544. The molecule has 26 heavy (non-hydrogen) atoms. The molecule has 0 N–H and O–H groups in total. The van der Waals surface area contributed by atoms with Gasteiger partial charge >= 0.3 is 5.97 Å². The van der Waals surface area contributed by atoms with E-state index in [0.29, 0.717) is 26.4 Å². The summed E-state index contributed by atoms with van der Waals surface area (Å²) in [6.45, 7) is 0. The molecule has 0 amide bonds. The van der Waals surface area contributed by atoms with Gasteiger partial charge in [0, 0.05) is 10.6 Å². The van der Waals surface area contributed by atoms with Crippen LogP contribution in [-0.2, 0) is 0 Å². The van der Waals surface area contributed by atoms with Crippen molar-refractivity contribution in [3.05, 3.63) is 86.2 Å². The number of halogens is 1. The summed E-state index contributed by atoms with van der Waals surface area (Å²) in [6.07, 6.45) is 0. The van der Waals surface area contributed by atoms with Crippen molar-refractivity contribution in [1.29, 1.82) is 0 Å². The largest absolute Gasteiger partial charge is 0.452 e. The van der Waals surface area contributed by atoms with Gasteiger partial charge in [0.25, 0.3) is 0 Å². The molecule has 0 saturated heterocycles. The molecule has 2 aromatic heterocycles. The van der Waals surface area contributed by atoms with E-state index in [9.17, 15) is 9.59 Å². The number of rotatable bonds is 3. The Hall–Kier alpha value is -2.89. The van der Waals surface area contributed by atoms with Gasteiger partial charge in [0.15, 0.2) is 5.76 Å². The Morgan fingerprint density at radius 1 is 1.00 bits per heavy atom. The minimum Gasteiger partial charge on any atom is -0.452 e. The molecule has 4 nitrogen and oxygen atoms in total. The van der Waals surface area contributed by atoms with Crippen LogP contribution in [0, 0.1) is 0 Å². The Labute approximate surface area is 157 Å². The first-order valence-corrected chi connectivity index (χ1v) is 8.97. The molecular weight excluding hydrogens is 372 g/mol. The van der Waals surface area contributed by atoms with Crippen molar-refractivity contribution in [2.24, 2.45) is 0 Å². The van der Waals surface area contributed by atoms with Crippen molar-refractivity contribution in [3.8, 4) is 17.1 Å². The molecule has 0 spiro atoms. The quantitative estimate of drug-likeness (QED) is 0.445. The lowest BCUT2D eigenvalue weighted by molar-refractivity contribution is 0.0736. The zero-order valence-electron chi connectivity index (χ0n) is 13.3. The highest BCUT2D eigenvalue weighted by atomic mass is 35.5. The van der Waals surface area contributed by atoms with Gasteiger partial charge in [0.1, 0.15) is 10.5 Å². The van der Waals surface area contributed by atoms with Gasteiger partial charge in [-0.1, -0.05) is 29.8 Å². The number of ether oxygens (including phenoxy) is 1. The van der Waals surface area contributed by atoms with Crippen LogP contribution >= 0.6 is 22.9 Å². The van der Waals surface area contributed by atoms with E-state index in [-0.39, 0.29) is 11.5 Å². The second-order valence-electron chi connectivity index (χ2n) is 5.46.